The first-order chi connectivity index (χ1) is 10.2. The van der Waals surface area contributed by atoms with Crippen LogP contribution in [0.25, 0.3) is 11.1 Å². The molecule has 1 aliphatic heterocycles. The average Bonchev–Trinajstić information content (AvgIpc) is 2.93. The topological polar surface area (TPSA) is 42.4 Å². The molecule has 21 heavy (non-hydrogen) atoms. The Bertz CT molecular complexity index is 670. The minimum absolute atomic E-state index is 0.188. The molecule has 1 aliphatic rings. The number of hydrogen-bond donors (Lipinski definition) is 0. The van der Waals surface area contributed by atoms with Crippen LogP contribution in [0.1, 0.15) is 12.8 Å². The molecular weight excluding hydrogens is 288 g/mol. The van der Waals surface area contributed by atoms with Gasteiger partial charge in [-0.15, -0.1) is 0 Å². The Kier molecular flexibility index (Phi) is 3.80. The summed E-state index contributed by atoms with van der Waals surface area (Å²) in [5.41, 5.74) is 2.79. The molecule has 3 rings (SSSR count). The Morgan fingerprint density at radius 3 is 2.67 bits per heavy atom. The van der Waals surface area contributed by atoms with Gasteiger partial charge in [-0.1, -0.05) is 23.7 Å². The van der Waals surface area contributed by atoms with Crippen molar-refractivity contribution in [2.24, 2.45) is 0 Å². The van der Waals surface area contributed by atoms with Gasteiger partial charge in [0, 0.05) is 36.5 Å². The molecule has 5 heteroatoms. The number of methoxy groups -OCH3 is 1. The number of hydrogen-bond acceptors (Lipinski definition) is 3. The number of halogens is 1. The highest BCUT2D eigenvalue weighted by Crippen LogP contribution is 2.32. The van der Waals surface area contributed by atoms with E-state index in [2.05, 4.69) is 4.98 Å². The Morgan fingerprint density at radius 2 is 2.05 bits per heavy atom. The summed E-state index contributed by atoms with van der Waals surface area (Å²) in [5.74, 6) is 0.869. The van der Waals surface area contributed by atoms with E-state index in [0.717, 1.165) is 29.8 Å². The molecule has 0 N–H and O–H groups in total. The van der Waals surface area contributed by atoms with Crippen molar-refractivity contribution in [3.05, 3.63) is 41.7 Å². The minimum Gasteiger partial charge on any atom is -0.496 e. The summed E-state index contributed by atoms with van der Waals surface area (Å²) in [4.78, 5) is 17.7. The summed E-state index contributed by atoms with van der Waals surface area (Å²) in [5, 5.41) is 0.398. The van der Waals surface area contributed by atoms with Crippen LogP contribution in [-0.2, 0) is 4.79 Å². The van der Waals surface area contributed by atoms with Crippen molar-refractivity contribution in [3.63, 3.8) is 0 Å². The van der Waals surface area contributed by atoms with Crippen molar-refractivity contribution in [2.45, 2.75) is 12.8 Å². The van der Waals surface area contributed by atoms with Crippen molar-refractivity contribution in [1.82, 2.24) is 4.98 Å². The van der Waals surface area contributed by atoms with Gasteiger partial charge in [-0.05, 0) is 24.1 Å². The quantitative estimate of drug-likeness (QED) is 0.815. The third kappa shape index (κ3) is 2.72. The number of carbonyl (C=O) groups excluding carboxylic acids is 1. The van der Waals surface area contributed by atoms with Gasteiger partial charge in [0.05, 0.1) is 7.11 Å². The third-order valence-corrected chi connectivity index (χ3v) is 3.82. The molecule has 0 spiro atoms. The molecule has 1 aromatic carbocycles. The van der Waals surface area contributed by atoms with Crippen molar-refractivity contribution in [3.8, 4) is 16.9 Å². The van der Waals surface area contributed by atoms with Crippen LogP contribution in [0.15, 0.2) is 36.5 Å². The monoisotopic (exact) mass is 302 g/mol. The van der Waals surface area contributed by atoms with E-state index in [1.165, 1.54) is 0 Å². The van der Waals surface area contributed by atoms with Gasteiger partial charge >= 0.3 is 0 Å². The van der Waals surface area contributed by atoms with E-state index in [-0.39, 0.29) is 5.91 Å². The van der Waals surface area contributed by atoms with Crippen molar-refractivity contribution >= 4 is 23.2 Å². The number of carbonyl (C=O) groups is 1. The van der Waals surface area contributed by atoms with Crippen LogP contribution >= 0.6 is 11.6 Å². The first kappa shape index (κ1) is 13.9. The number of rotatable bonds is 3. The number of anilines is 1. The van der Waals surface area contributed by atoms with Crippen molar-refractivity contribution in [2.75, 3.05) is 18.6 Å². The van der Waals surface area contributed by atoms with Crippen molar-refractivity contribution < 1.29 is 9.53 Å². The fraction of sp³-hybridized carbons (Fsp3) is 0.250. The zero-order valence-corrected chi connectivity index (χ0v) is 12.4. The average molecular weight is 303 g/mol. The van der Waals surface area contributed by atoms with Gasteiger partial charge in [0.2, 0.25) is 5.91 Å². The fourth-order valence-corrected chi connectivity index (χ4v) is 2.69. The fourth-order valence-electron chi connectivity index (χ4n) is 2.54. The molecule has 2 heterocycles. The number of amides is 1. The highest BCUT2D eigenvalue weighted by Gasteiger charge is 2.21. The largest absolute Gasteiger partial charge is 0.496 e. The zero-order chi connectivity index (χ0) is 14.8. The summed E-state index contributed by atoms with van der Waals surface area (Å²) < 4.78 is 5.34. The van der Waals surface area contributed by atoms with Crippen molar-refractivity contribution in [1.29, 1.82) is 0 Å². The third-order valence-electron chi connectivity index (χ3n) is 3.62. The maximum absolute atomic E-state index is 11.7. The number of aromatic nitrogens is 1. The first-order valence-electron chi connectivity index (χ1n) is 6.79. The van der Waals surface area contributed by atoms with E-state index in [1.54, 1.807) is 19.4 Å². The van der Waals surface area contributed by atoms with Gasteiger partial charge in [-0.25, -0.2) is 4.98 Å². The molecule has 0 unspecified atom stereocenters. The molecule has 0 saturated carbocycles. The van der Waals surface area contributed by atoms with Gasteiger partial charge < -0.3 is 9.64 Å². The summed E-state index contributed by atoms with van der Waals surface area (Å²) >= 11 is 5.88. The Labute approximate surface area is 128 Å². The lowest BCUT2D eigenvalue weighted by molar-refractivity contribution is -0.117. The normalized spacial score (nSPS) is 14.6. The van der Waals surface area contributed by atoms with E-state index in [4.69, 9.17) is 16.3 Å². The number of benzene rings is 1. The highest BCUT2D eigenvalue weighted by atomic mass is 35.5. The maximum atomic E-state index is 11.7. The minimum atomic E-state index is 0.188. The zero-order valence-electron chi connectivity index (χ0n) is 11.7. The number of pyridine rings is 1. The van der Waals surface area contributed by atoms with Gasteiger partial charge in [0.1, 0.15) is 10.9 Å². The predicted octanol–water partition coefficient (Wildman–Crippen LogP) is 3.54. The second-order valence-electron chi connectivity index (χ2n) is 4.90. The molecule has 1 fully saturated rings. The van der Waals surface area contributed by atoms with Crippen LogP contribution in [0.4, 0.5) is 5.69 Å². The molecule has 1 saturated heterocycles. The van der Waals surface area contributed by atoms with Crippen LogP contribution in [0.3, 0.4) is 0 Å². The lowest BCUT2D eigenvalue weighted by atomic mass is 10.1. The molecule has 0 radical (unpaired) electrons. The molecule has 0 atom stereocenters. The molecule has 108 valence electrons. The van der Waals surface area contributed by atoms with E-state index in [1.807, 2.05) is 29.2 Å². The second-order valence-corrected chi connectivity index (χ2v) is 5.29. The van der Waals surface area contributed by atoms with Gasteiger partial charge in [0.25, 0.3) is 0 Å². The molecule has 0 bridgehead atoms. The Hall–Kier alpha value is -2.07. The van der Waals surface area contributed by atoms with Gasteiger partial charge in [0.15, 0.2) is 0 Å². The van der Waals surface area contributed by atoms with Crippen LogP contribution in [0.2, 0.25) is 5.15 Å². The molecule has 1 amide bonds. The lowest BCUT2D eigenvalue weighted by Gasteiger charge is -2.16. The van der Waals surface area contributed by atoms with E-state index in [0.29, 0.717) is 17.3 Å². The summed E-state index contributed by atoms with van der Waals surface area (Å²) in [6, 6.07) is 9.52. The summed E-state index contributed by atoms with van der Waals surface area (Å²) in [6.45, 7) is 0.796. The Balaban J connectivity index is 1.92. The van der Waals surface area contributed by atoms with Gasteiger partial charge in [-0.2, -0.15) is 0 Å². The second kappa shape index (κ2) is 5.74. The Morgan fingerprint density at radius 1 is 1.29 bits per heavy atom. The molecule has 0 aliphatic carbocycles. The standard InChI is InChI=1S/C16H15ClN2O2/c1-21-14-9-15(17)18-10-13(14)11-4-6-12(7-5-11)19-8-2-3-16(19)20/h4-7,9-10H,2-3,8H2,1H3. The molecule has 2 aromatic rings. The van der Waals surface area contributed by atoms with Crippen LogP contribution in [0.5, 0.6) is 5.75 Å². The van der Waals surface area contributed by atoms with Crippen LogP contribution < -0.4 is 9.64 Å². The summed E-state index contributed by atoms with van der Waals surface area (Å²) in [7, 11) is 1.60. The first-order valence-corrected chi connectivity index (χ1v) is 7.17. The maximum Gasteiger partial charge on any atom is 0.227 e. The van der Waals surface area contributed by atoms with E-state index in [9.17, 15) is 4.79 Å². The lowest BCUT2D eigenvalue weighted by Crippen LogP contribution is -2.23. The molecule has 1 aromatic heterocycles. The molecular formula is C16H15ClN2O2. The number of nitrogens with zero attached hydrogens (tertiary/aromatic N) is 2. The highest BCUT2D eigenvalue weighted by molar-refractivity contribution is 6.29. The number of ether oxygens (including phenoxy) is 1. The van der Waals surface area contributed by atoms with E-state index < -0.39 is 0 Å². The predicted molar refractivity (Wildman–Crippen MR) is 82.8 cm³/mol. The molecule has 4 nitrogen and oxygen atoms in total. The van der Waals surface area contributed by atoms with E-state index >= 15 is 0 Å². The smallest absolute Gasteiger partial charge is 0.227 e. The summed E-state index contributed by atoms with van der Waals surface area (Å²) in [6.07, 6.45) is 3.25. The SMILES string of the molecule is COc1cc(Cl)ncc1-c1ccc(N2CCCC2=O)cc1. The van der Waals surface area contributed by atoms with Crippen LogP contribution in [-0.4, -0.2) is 24.5 Å². The van der Waals surface area contributed by atoms with Crippen LogP contribution in [0, 0.1) is 0 Å². The van der Waals surface area contributed by atoms with Gasteiger partial charge in [-0.3, -0.25) is 4.79 Å².